The molecule has 21 heavy (non-hydrogen) atoms. The van der Waals surface area contributed by atoms with Crippen LogP contribution in [0.25, 0.3) is 0 Å². The highest BCUT2D eigenvalue weighted by atomic mass is 31.0. The predicted octanol–water partition coefficient (Wildman–Crippen LogP) is 7.37. The Hall–Kier alpha value is 0.430. The molecule has 0 saturated heterocycles. The van der Waals surface area contributed by atoms with Gasteiger partial charge in [-0.3, -0.25) is 0 Å². The summed E-state index contributed by atoms with van der Waals surface area (Å²) in [5.41, 5.74) is 0. The zero-order valence-corrected chi connectivity index (χ0v) is 15.9. The lowest BCUT2D eigenvalue weighted by molar-refractivity contribution is 0.196. The quantitative estimate of drug-likeness (QED) is 0.340. The monoisotopic (exact) mass is 312 g/mol. The summed E-state index contributed by atoms with van der Waals surface area (Å²) < 4.78 is 0. The van der Waals surface area contributed by atoms with E-state index in [0.29, 0.717) is 0 Å². The van der Waals surface area contributed by atoms with Gasteiger partial charge in [0.25, 0.3) is 0 Å². The van der Waals surface area contributed by atoms with Gasteiger partial charge in [-0.15, -0.1) is 9.24 Å². The molecule has 0 radical (unpaired) electrons. The van der Waals surface area contributed by atoms with Crippen LogP contribution in [0.1, 0.15) is 110 Å². The van der Waals surface area contributed by atoms with Gasteiger partial charge in [0.1, 0.15) is 0 Å². The molecule has 2 saturated carbocycles. The smallest absolute Gasteiger partial charge is 0.0381 e. The zero-order chi connectivity index (χ0) is 15.2. The lowest BCUT2D eigenvalue weighted by Crippen LogP contribution is -2.20. The minimum atomic E-state index is 1.14. The van der Waals surface area contributed by atoms with Crippen LogP contribution in [-0.4, -0.2) is 6.16 Å². The Bertz CT molecular complexity index is 180. The number of unbranched alkanes of at least 4 members (excludes halogenated alkanes) is 5. The number of rotatable bonds is 7. The normalized spacial score (nSPS) is 20.9. The standard InChI is InChI=1S/C12H22.C8H19P/c1-3-7-11(8-4-1)12-9-5-2-6-10-12;1-2-3-4-5-6-7-8-9/h11-12H,1-10H2;2-9H2,1H3. The summed E-state index contributed by atoms with van der Waals surface area (Å²) in [7, 11) is 2.78. The molecule has 1 atom stereocenters. The van der Waals surface area contributed by atoms with Gasteiger partial charge in [0, 0.05) is 0 Å². The van der Waals surface area contributed by atoms with Crippen LogP contribution in [0.15, 0.2) is 0 Å². The molecule has 1 heteroatoms. The number of hydrogen-bond donors (Lipinski definition) is 0. The molecule has 0 heterocycles. The Morgan fingerprint density at radius 1 is 0.619 bits per heavy atom. The second-order valence-corrected chi connectivity index (χ2v) is 7.93. The van der Waals surface area contributed by atoms with Crippen molar-refractivity contribution in [1.82, 2.24) is 0 Å². The highest BCUT2D eigenvalue weighted by molar-refractivity contribution is 7.16. The second kappa shape index (κ2) is 14.0. The molecule has 0 aliphatic heterocycles. The third-order valence-electron chi connectivity index (χ3n) is 5.52. The summed E-state index contributed by atoms with van der Waals surface area (Å²) in [6, 6.07) is 0. The van der Waals surface area contributed by atoms with Gasteiger partial charge in [-0.1, -0.05) is 103 Å². The summed E-state index contributed by atoms with van der Waals surface area (Å²) in [5, 5.41) is 0. The molecule has 0 bridgehead atoms. The van der Waals surface area contributed by atoms with Crippen LogP contribution in [0.4, 0.5) is 0 Å². The fourth-order valence-corrected chi connectivity index (χ4v) is 4.42. The maximum absolute atomic E-state index is 2.78. The molecule has 2 fully saturated rings. The first-order chi connectivity index (χ1) is 10.4. The van der Waals surface area contributed by atoms with Crippen LogP contribution in [0.3, 0.4) is 0 Å². The van der Waals surface area contributed by atoms with Gasteiger partial charge in [0.2, 0.25) is 0 Å². The largest absolute Gasteiger partial charge is 0.138 e. The summed E-state index contributed by atoms with van der Waals surface area (Å²) in [4.78, 5) is 0. The van der Waals surface area contributed by atoms with Gasteiger partial charge in [-0.05, 0) is 24.4 Å². The van der Waals surface area contributed by atoms with Crippen molar-refractivity contribution in [2.75, 3.05) is 6.16 Å². The van der Waals surface area contributed by atoms with Crippen molar-refractivity contribution in [3.63, 3.8) is 0 Å². The van der Waals surface area contributed by atoms with E-state index in [1.165, 1.54) is 83.2 Å². The fourth-order valence-electron chi connectivity index (χ4n) is 4.14. The zero-order valence-electron chi connectivity index (χ0n) is 14.8. The van der Waals surface area contributed by atoms with Gasteiger partial charge in [-0.2, -0.15) is 0 Å². The van der Waals surface area contributed by atoms with Gasteiger partial charge in [0.05, 0.1) is 0 Å². The summed E-state index contributed by atoms with van der Waals surface area (Å²) in [6.45, 7) is 2.26. The molecule has 0 aromatic heterocycles. The molecule has 0 aromatic rings. The summed E-state index contributed by atoms with van der Waals surface area (Å²) in [5.74, 6) is 2.28. The summed E-state index contributed by atoms with van der Waals surface area (Å²) in [6.07, 6.45) is 25.2. The molecule has 2 rings (SSSR count). The second-order valence-electron chi connectivity index (χ2n) is 7.35. The first-order valence-corrected chi connectivity index (χ1v) is 10.9. The van der Waals surface area contributed by atoms with Crippen molar-refractivity contribution >= 4 is 9.24 Å². The van der Waals surface area contributed by atoms with Crippen LogP contribution in [0.2, 0.25) is 0 Å². The SMILES string of the molecule is C1CCC(C2CCCCC2)CC1.CCCCCCCCP. The van der Waals surface area contributed by atoms with Crippen molar-refractivity contribution in [3.8, 4) is 0 Å². The third-order valence-corrected chi connectivity index (χ3v) is 5.93. The minimum Gasteiger partial charge on any atom is -0.138 e. The van der Waals surface area contributed by atoms with Crippen LogP contribution >= 0.6 is 9.24 Å². The van der Waals surface area contributed by atoms with E-state index in [-0.39, 0.29) is 0 Å². The predicted molar refractivity (Wildman–Crippen MR) is 101 cm³/mol. The first kappa shape index (κ1) is 19.5. The van der Waals surface area contributed by atoms with Crippen molar-refractivity contribution in [2.24, 2.45) is 11.8 Å². The molecule has 0 amide bonds. The Labute approximate surface area is 137 Å². The Morgan fingerprint density at radius 3 is 1.48 bits per heavy atom. The van der Waals surface area contributed by atoms with E-state index in [1.54, 1.807) is 25.7 Å². The van der Waals surface area contributed by atoms with Gasteiger partial charge in [0.15, 0.2) is 0 Å². The van der Waals surface area contributed by atoms with Gasteiger partial charge < -0.3 is 0 Å². The molecular weight excluding hydrogens is 271 g/mol. The number of hydrogen-bond acceptors (Lipinski definition) is 0. The van der Waals surface area contributed by atoms with E-state index >= 15 is 0 Å². The summed E-state index contributed by atoms with van der Waals surface area (Å²) >= 11 is 0. The molecule has 0 spiro atoms. The van der Waals surface area contributed by atoms with E-state index in [2.05, 4.69) is 16.2 Å². The van der Waals surface area contributed by atoms with E-state index < -0.39 is 0 Å². The van der Waals surface area contributed by atoms with E-state index in [1.807, 2.05) is 0 Å². The van der Waals surface area contributed by atoms with Gasteiger partial charge >= 0.3 is 0 Å². The fraction of sp³-hybridized carbons (Fsp3) is 1.00. The molecule has 126 valence electrons. The van der Waals surface area contributed by atoms with Crippen molar-refractivity contribution < 1.29 is 0 Å². The highest BCUT2D eigenvalue weighted by Gasteiger charge is 2.24. The molecule has 0 aromatic carbocycles. The molecule has 1 unspecified atom stereocenters. The lowest BCUT2D eigenvalue weighted by atomic mass is 9.73. The van der Waals surface area contributed by atoms with E-state index in [4.69, 9.17) is 0 Å². The third kappa shape index (κ3) is 9.93. The van der Waals surface area contributed by atoms with E-state index in [9.17, 15) is 0 Å². The topological polar surface area (TPSA) is 0 Å². The van der Waals surface area contributed by atoms with Crippen LogP contribution in [-0.2, 0) is 0 Å². The molecule has 2 aliphatic rings. The Kier molecular flexibility index (Phi) is 13.0. The van der Waals surface area contributed by atoms with Crippen LogP contribution in [0, 0.1) is 11.8 Å². The van der Waals surface area contributed by atoms with Crippen molar-refractivity contribution in [1.29, 1.82) is 0 Å². The maximum atomic E-state index is 2.78. The average Bonchev–Trinajstić information content (AvgIpc) is 2.57. The van der Waals surface area contributed by atoms with Crippen molar-refractivity contribution in [2.45, 2.75) is 110 Å². The lowest BCUT2D eigenvalue weighted by Gasteiger charge is -2.32. The Balaban J connectivity index is 0.000000222. The highest BCUT2D eigenvalue weighted by Crippen LogP contribution is 2.37. The maximum Gasteiger partial charge on any atom is -0.0381 e. The first-order valence-electron chi connectivity index (χ1n) is 10.1. The van der Waals surface area contributed by atoms with Gasteiger partial charge in [-0.25, -0.2) is 0 Å². The molecular formula is C20H41P. The molecule has 0 N–H and O–H groups in total. The Morgan fingerprint density at radius 2 is 1.05 bits per heavy atom. The van der Waals surface area contributed by atoms with Crippen LogP contribution < -0.4 is 0 Å². The minimum absolute atomic E-state index is 1.14. The molecule has 0 nitrogen and oxygen atoms in total. The van der Waals surface area contributed by atoms with Crippen molar-refractivity contribution in [3.05, 3.63) is 0 Å². The average molecular weight is 313 g/mol. The van der Waals surface area contributed by atoms with Crippen LogP contribution in [0.5, 0.6) is 0 Å². The molecule has 2 aliphatic carbocycles. The van der Waals surface area contributed by atoms with E-state index in [0.717, 1.165) is 11.8 Å².